The van der Waals surface area contributed by atoms with Gasteiger partial charge < -0.3 is 10.3 Å². The normalized spacial score (nSPS) is 10.9. The molecule has 2 aromatic heterocycles. The molecule has 92 valence electrons. The Morgan fingerprint density at radius 1 is 1.39 bits per heavy atom. The molecule has 0 aliphatic carbocycles. The lowest BCUT2D eigenvalue weighted by atomic mass is 10.1. The molecule has 0 aliphatic rings. The number of anilines is 1. The summed E-state index contributed by atoms with van der Waals surface area (Å²) in [6.07, 6.45) is 0.924. The average Bonchev–Trinajstić information content (AvgIpc) is 2.96. The fraction of sp³-hybridized carbons (Fsp3) is 0.273. The van der Waals surface area contributed by atoms with Crippen molar-refractivity contribution in [1.29, 1.82) is 0 Å². The van der Waals surface area contributed by atoms with Crippen LogP contribution in [-0.2, 0) is 6.42 Å². The van der Waals surface area contributed by atoms with Gasteiger partial charge in [0.25, 0.3) is 0 Å². The standard InChI is InChI=1S/C11H12N6S/c1-7-13-9-3-2-8(6-10(9)14-7)4-5-12-11-15-16-17-18-11/h2-3,6H,4-5H2,1H3,(H,13,14)(H,12,15,17). The van der Waals surface area contributed by atoms with Crippen molar-refractivity contribution in [3.8, 4) is 0 Å². The fourth-order valence-electron chi connectivity index (χ4n) is 1.86. The van der Waals surface area contributed by atoms with Gasteiger partial charge in [-0.3, -0.25) is 0 Å². The third-order valence-corrected chi connectivity index (χ3v) is 3.21. The van der Waals surface area contributed by atoms with Crippen LogP contribution >= 0.6 is 11.5 Å². The van der Waals surface area contributed by atoms with Crippen LogP contribution < -0.4 is 5.32 Å². The highest BCUT2D eigenvalue weighted by Gasteiger charge is 2.01. The molecular weight excluding hydrogens is 248 g/mol. The first kappa shape index (κ1) is 11.1. The summed E-state index contributed by atoms with van der Waals surface area (Å²) in [5.41, 5.74) is 3.36. The van der Waals surface area contributed by atoms with Crippen molar-refractivity contribution < 1.29 is 0 Å². The highest BCUT2D eigenvalue weighted by molar-refractivity contribution is 7.09. The third kappa shape index (κ3) is 2.30. The number of rotatable bonds is 4. The molecule has 7 heteroatoms. The van der Waals surface area contributed by atoms with Crippen LogP contribution in [-0.4, -0.2) is 31.3 Å². The number of hydrogen-bond donors (Lipinski definition) is 2. The predicted octanol–water partition coefficient (Wildman–Crippen LogP) is 1.77. The Labute approximate surface area is 108 Å². The molecule has 6 nitrogen and oxygen atoms in total. The highest BCUT2D eigenvalue weighted by atomic mass is 32.1. The van der Waals surface area contributed by atoms with Gasteiger partial charge in [0.2, 0.25) is 5.13 Å². The van der Waals surface area contributed by atoms with E-state index < -0.39 is 0 Å². The van der Waals surface area contributed by atoms with Crippen LogP contribution in [0.25, 0.3) is 11.0 Å². The second-order valence-electron chi connectivity index (χ2n) is 4.02. The summed E-state index contributed by atoms with van der Waals surface area (Å²) in [6.45, 7) is 2.78. The molecule has 1 aromatic carbocycles. The van der Waals surface area contributed by atoms with Crippen LogP contribution in [0.4, 0.5) is 5.13 Å². The Morgan fingerprint density at radius 2 is 2.33 bits per heavy atom. The Morgan fingerprint density at radius 3 is 3.17 bits per heavy atom. The number of fused-ring (bicyclic) bond motifs is 1. The van der Waals surface area contributed by atoms with Gasteiger partial charge in [0.1, 0.15) is 5.82 Å². The van der Waals surface area contributed by atoms with Crippen LogP contribution in [0, 0.1) is 6.92 Å². The monoisotopic (exact) mass is 260 g/mol. The Bertz CT molecular complexity index is 645. The van der Waals surface area contributed by atoms with Crippen LogP contribution in [0.15, 0.2) is 18.2 Å². The number of aryl methyl sites for hydroxylation is 1. The minimum Gasteiger partial charge on any atom is -0.359 e. The van der Waals surface area contributed by atoms with Gasteiger partial charge >= 0.3 is 0 Å². The second kappa shape index (κ2) is 4.69. The van der Waals surface area contributed by atoms with E-state index in [2.05, 4.69) is 42.2 Å². The summed E-state index contributed by atoms with van der Waals surface area (Å²) in [5, 5.41) is 11.3. The summed E-state index contributed by atoms with van der Waals surface area (Å²) >= 11 is 1.26. The molecule has 2 N–H and O–H groups in total. The Kier molecular flexibility index (Phi) is 2.89. The van der Waals surface area contributed by atoms with Crippen molar-refractivity contribution in [3.63, 3.8) is 0 Å². The smallest absolute Gasteiger partial charge is 0.225 e. The number of benzene rings is 1. The van der Waals surface area contributed by atoms with Crippen molar-refractivity contribution in [2.75, 3.05) is 11.9 Å². The maximum absolute atomic E-state index is 4.38. The first-order valence-corrected chi connectivity index (χ1v) is 6.43. The summed E-state index contributed by atoms with van der Waals surface area (Å²) < 4.78 is 3.70. The van der Waals surface area contributed by atoms with E-state index in [9.17, 15) is 0 Å². The molecular formula is C11H12N6S. The highest BCUT2D eigenvalue weighted by Crippen LogP contribution is 2.14. The van der Waals surface area contributed by atoms with E-state index in [-0.39, 0.29) is 0 Å². The van der Waals surface area contributed by atoms with Gasteiger partial charge in [-0.15, -0.1) is 0 Å². The number of H-pyrrole nitrogens is 1. The third-order valence-electron chi connectivity index (χ3n) is 2.65. The summed E-state index contributed by atoms with van der Waals surface area (Å²) in [5.74, 6) is 0.945. The first-order chi connectivity index (χ1) is 8.81. The molecule has 0 atom stereocenters. The van der Waals surface area contributed by atoms with Crippen molar-refractivity contribution in [3.05, 3.63) is 29.6 Å². The van der Waals surface area contributed by atoms with Crippen LogP contribution in [0.3, 0.4) is 0 Å². The quantitative estimate of drug-likeness (QED) is 0.747. The molecule has 3 aromatic rings. The van der Waals surface area contributed by atoms with E-state index in [0.29, 0.717) is 0 Å². The second-order valence-corrected chi connectivity index (χ2v) is 4.75. The van der Waals surface area contributed by atoms with Crippen molar-refractivity contribution in [1.82, 2.24) is 24.8 Å². The van der Waals surface area contributed by atoms with E-state index in [4.69, 9.17) is 0 Å². The van der Waals surface area contributed by atoms with Crippen molar-refractivity contribution >= 4 is 27.7 Å². The molecule has 0 spiro atoms. The molecule has 0 unspecified atom stereocenters. The molecule has 0 saturated carbocycles. The molecule has 0 aliphatic heterocycles. The van der Waals surface area contributed by atoms with E-state index in [1.807, 2.05) is 13.0 Å². The first-order valence-electron chi connectivity index (χ1n) is 5.65. The maximum Gasteiger partial charge on any atom is 0.225 e. The lowest BCUT2D eigenvalue weighted by molar-refractivity contribution is 0.942. The molecule has 3 rings (SSSR count). The fourth-order valence-corrected chi connectivity index (χ4v) is 2.25. The molecule has 0 radical (unpaired) electrons. The van der Waals surface area contributed by atoms with E-state index in [1.54, 1.807) is 0 Å². The lowest BCUT2D eigenvalue weighted by Gasteiger charge is -2.02. The van der Waals surface area contributed by atoms with E-state index in [0.717, 1.165) is 35.0 Å². The molecule has 2 heterocycles. The molecule has 0 amide bonds. The predicted molar refractivity (Wildman–Crippen MR) is 70.7 cm³/mol. The van der Waals surface area contributed by atoms with Gasteiger partial charge in [0.15, 0.2) is 0 Å². The molecule has 0 saturated heterocycles. The molecule has 18 heavy (non-hydrogen) atoms. The van der Waals surface area contributed by atoms with Gasteiger partial charge in [-0.05, 0) is 36.3 Å². The zero-order valence-electron chi connectivity index (χ0n) is 9.84. The summed E-state index contributed by atoms with van der Waals surface area (Å²) in [4.78, 5) is 7.62. The lowest BCUT2D eigenvalue weighted by Crippen LogP contribution is -2.04. The number of aromatic amines is 1. The topological polar surface area (TPSA) is 79.4 Å². The van der Waals surface area contributed by atoms with Crippen LogP contribution in [0.5, 0.6) is 0 Å². The number of nitrogens with one attached hydrogen (secondary N) is 2. The zero-order chi connectivity index (χ0) is 12.4. The SMILES string of the molecule is Cc1nc2ccc(CCNc3nnns3)cc2[nH]1. The summed E-state index contributed by atoms with van der Waals surface area (Å²) in [6, 6.07) is 6.28. The van der Waals surface area contributed by atoms with E-state index in [1.165, 1.54) is 17.1 Å². The van der Waals surface area contributed by atoms with Gasteiger partial charge in [-0.25, -0.2) is 4.98 Å². The Hall–Kier alpha value is -2.02. The number of imidazole rings is 1. The minimum absolute atomic E-state index is 0.758. The summed E-state index contributed by atoms with van der Waals surface area (Å²) in [7, 11) is 0. The number of nitrogens with zero attached hydrogens (tertiary/aromatic N) is 4. The van der Waals surface area contributed by atoms with Gasteiger partial charge in [0, 0.05) is 18.1 Å². The largest absolute Gasteiger partial charge is 0.359 e. The van der Waals surface area contributed by atoms with Crippen molar-refractivity contribution in [2.45, 2.75) is 13.3 Å². The maximum atomic E-state index is 4.38. The Balaban J connectivity index is 1.67. The minimum atomic E-state index is 0.758. The zero-order valence-corrected chi connectivity index (χ0v) is 10.7. The van der Waals surface area contributed by atoms with Crippen LogP contribution in [0.1, 0.15) is 11.4 Å². The molecule has 0 fully saturated rings. The molecule has 0 bridgehead atoms. The van der Waals surface area contributed by atoms with Crippen molar-refractivity contribution in [2.24, 2.45) is 0 Å². The number of aromatic nitrogens is 5. The average molecular weight is 260 g/mol. The van der Waals surface area contributed by atoms with E-state index >= 15 is 0 Å². The van der Waals surface area contributed by atoms with Gasteiger partial charge in [-0.2, -0.15) is 0 Å². The van der Waals surface area contributed by atoms with Crippen LogP contribution in [0.2, 0.25) is 0 Å². The van der Waals surface area contributed by atoms with Gasteiger partial charge in [0.05, 0.1) is 11.0 Å². The number of hydrogen-bond acceptors (Lipinski definition) is 6. The van der Waals surface area contributed by atoms with Gasteiger partial charge in [-0.1, -0.05) is 15.7 Å².